The Balaban J connectivity index is 1.26. The van der Waals surface area contributed by atoms with E-state index in [1.807, 2.05) is 0 Å². The van der Waals surface area contributed by atoms with Gasteiger partial charge in [-0.2, -0.15) is 4.39 Å². The van der Waals surface area contributed by atoms with Crippen LogP contribution in [-0.2, 0) is 0 Å². The van der Waals surface area contributed by atoms with Crippen molar-refractivity contribution in [2.24, 2.45) is 29.6 Å². The van der Waals surface area contributed by atoms with E-state index in [0.717, 1.165) is 42.4 Å². The quantitative estimate of drug-likeness (QED) is 0.265. The van der Waals surface area contributed by atoms with E-state index in [2.05, 4.69) is 13.5 Å². The van der Waals surface area contributed by atoms with Crippen LogP contribution in [-0.4, -0.2) is 6.61 Å². The summed E-state index contributed by atoms with van der Waals surface area (Å²) in [6.45, 7) is 6.05. The van der Waals surface area contributed by atoms with E-state index in [1.54, 1.807) is 18.2 Å². The highest BCUT2D eigenvalue weighted by Crippen LogP contribution is 2.50. The molecular formula is C30H44F2O. The smallest absolute Gasteiger partial charge is 0.200 e. The van der Waals surface area contributed by atoms with Gasteiger partial charge in [0.2, 0.25) is 5.82 Å². The van der Waals surface area contributed by atoms with Gasteiger partial charge >= 0.3 is 0 Å². The minimum absolute atomic E-state index is 0.0123. The monoisotopic (exact) mass is 458 g/mol. The van der Waals surface area contributed by atoms with Gasteiger partial charge in [-0.1, -0.05) is 57.7 Å². The van der Waals surface area contributed by atoms with Gasteiger partial charge in [0.25, 0.3) is 0 Å². The van der Waals surface area contributed by atoms with Crippen LogP contribution in [0.4, 0.5) is 8.78 Å². The van der Waals surface area contributed by atoms with Crippen molar-refractivity contribution in [3.63, 3.8) is 0 Å². The van der Waals surface area contributed by atoms with Crippen LogP contribution < -0.4 is 4.74 Å². The lowest BCUT2D eigenvalue weighted by atomic mass is 9.60. The Morgan fingerprint density at radius 2 is 1.52 bits per heavy atom. The van der Waals surface area contributed by atoms with E-state index in [4.69, 9.17) is 4.74 Å². The molecule has 0 aliphatic heterocycles. The van der Waals surface area contributed by atoms with Gasteiger partial charge in [0.05, 0.1) is 0 Å². The van der Waals surface area contributed by atoms with E-state index in [-0.39, 0.29) is 18.3 Å². The van der Waals surface area contributed by atoms with Gasteiger partial charge in [-0.25, -0.2) is 4.39 Å². The van der Waals surface area contributed by atoms with Crippen LogP contribution in [0.1, 0.15) is 108 Å². The van der Waals surface area contributed by atoms with Crippen molar-refractivity contribution in [2.75, 3.05) is 6.61 Å². The Bertz CT molecular complexity index is 767. The Morgan fingerprint density at radius 3 is 2.24 bits per heavy atom. The SMILES string of the molecule is C=CCOc1ccc(C2CCC(C3CCC4CC(CCCCC)CCC4C3)CC2)c(F)c1F. The number of benzene rings is 1. The van der Waals surface area contributed by atoms with E-state index < -0.39 is 11.6 Å². The summed E-state index contributed by atoms with van der Waals surface area (Å²) in [5.41, 5.74) is 0.544. The lowest BCUT2D eigenvalue weighted by Gasteiger charge is -2.45. The summed E-state index contributed by atoms with van der Waals surface area (Å²) in [7, 11) is 0. The first-order chi connectivity index (χ1) is 16.1. The molecule has 3 aliphatic carbocycles. The fourth-order valence-corrected chi connectivity index (χ4v) is 7.42. The van der Waals surface area contributed by atoms with Crippen LogP contribution in [0.15, 0.2) is 24.8 Å². The molecule has 33 heavy (non-hydrogen) atoms. The number of hydrogen-bond donors (Lipinski definition) is 0. The summed E-state index contributed by atoms with van der Waals surface area (Å²) in [4.78, 5) is 0. The van der Waals surface area contributed by atoms with Gasteiger partial charge in [0, 0.05) is 0 Å². The molecule has 4 atom stereocenters. The zero-order valence-corrected chi connectivity index (χ0v) is 20.7. The molecule has 0 spiro atoms. The number of rotatable bonds is 9. The van der Waals surface area contributed by atoms with Gasteiger partial charge in [0.1, 0.15) is 6.61 Å². The minimum Gasteiger partial charge on any atom is -0.486 e. The predicted molar refractivity (Wildman–Crippen MR) is 133 cm³/mol. The van der Waals surface area contributed by atoms with E-state index >= 15 is 0 Å². The lowest BCUT2D eigenvalue weighted by molar-refractivity contribution is 0.0612. The molecule has 3 fully saturated rings. The maximum absolute atomic E-state index is 14.8. The highest BCUT2D eigenvalue weighted by Gasteiger charge is 2.39. The summed E-state index contributed by atoms with van der Waals surface area (Å²) >= 11 is 0. The molecule has 1 aromatic carbocycles. The molecule has 4 unspecified atom stereocenters. The van der Waals surface area contributed by atoms with Crippen LogP contribution in [0.3, 0.4) is 0 Å². The Hall–Kier alpha value is -1.38. The summed E-state index contributed by atoms with van der Waals surface area (Å²) < 4.78 is 34.5. The third-order valence-electron chi connectivity index (χ3n) is 9.29. The molecule has 0 bridgehead atoms. The van der Waals surface area contributed by atoms with Crippen LogP contribution in [0.25, 0.3) is 0 Å². The molecule has 0 radical (unpaired) electrons. The van der Waals surface area contributed by atoms with Crippen molar-refractivity contribution >= 4 is 0 Å². The highest BCUT2D eigenvalue weighted by atomic mass is 19.2. The molecule has 0 aromatic heterocycles. The molecule has 0 N–H and O–H groups in total. The molecule has 3 heteroatoms. The number of halogens is 2. The zero-order valence-electron chi connectivity index (χ0n) is 20.7. The van der Waals surface area contributed by atoms with Gasteiger partial charge < -0.3 is 4.74 Å². The molecule has 3 saturated carbocycles. The fraction of sp³-hybridized carbons (Fsp3) is 0.733. The Morgan fingerprint density at radius 1 is 0.848 bits per heavy atom. The lowest BCUT2D eigenvalue weighted by Crippen LogP contribution is -2.34. The Kier molecular flexibility index (Phi) is 8.88. The first-order valence-corrected chi connectivity index (χ1v) is 13.8. The number of ether oxygens (including phenoxy) is 1. The standard InChI is InChI=1S/C30H44F2O/c1-3-5-6-7-21-8-9-26-20-25(15-14-24(26)19-21)22-10-12-23(13-11-22)27-16-17-28(33-18-4-2)30(32)29(27)31/h4,16-17,21-26H,2-3,5-15,18-20H2,1H3. The third kappa shape index (κ3) is 6.01. The van der Waals surface area contributed by atoms with Crippen LogP contribution in [0.5, 0.6) is 5.75 Å². The van der Waals surface area contributed by atoms with Crippen molar-refractivity contribution in [1.82, 2.24) is 0 Å². The maximum Gasteiger partial charge on any atom is 0.200 e. The second-order valence-electron chi connectivity index (χ2n) is 11.3. The fourth-order valence-electron chi connectivity index (χ4n) is 7.42. The number of hydrogen-bond acceptors (Lipinski definition) is 1. The molecule has 184 valence electrons. The molecule has 0 heterocycles. The predicted octanol–water partition coefficient (Wildman–Crippen LogP) is 9.22. The van der Waals surface area contributed by atoms with Crippen molar-refractivity contribution in [1.29, 1.82) is 0 Å². The summed E-state index contributed by atoms with van der Waals surface area (Å²) in [6, 6.07) is 3.33. The molecular weight excluding hydrogens is 414 g/mol. The summed E-state index contributed by atoms with van der Waals surface area (Å²) in [5.74, 6) is 3.15. The molecule has 1 nitrogen and oxygen atoms in total. The first-order valence-electron chi connectivity index (χ1n) is 13.8. The van der Waals surface area contributed by atoms with Crippen LogP contribution in [0, 0.1) is 41.2 Å². The van der Waals surface area contributed by atoms with Crippen molar-refractivity contribution < 1.29 is 13.5 Å². The largest absolute Gasteiger partial charge is 0.486 e. The van der Waals surface area contributed by atoms with Crippen molar-refractivity contribution in [2.45, 2.75) is 103 Å². The van der Waals surface area contributed by atoms with Gasteiger partial charge in [-0.15, -0.1) is 0 Å². The maximum atomic E-state index is 14.8. The molecule has 4 rings (SSSR count). The Labute approximate surface area is 200 Å². The summed E-state index contributed by atoms with van der Waals surface area (Å²) in [6.07, 6.45) is 20.1. The van der Waals surface area contributed by atoms with Crippen LogP contribution >= 0.6 is 0 Å². The normalized spacial score (nSPS) is 32.2. The second-order valence-corrected chi connectivity index (χ2v) is 11.3. The number of unbranched alkanes of at least 4 members (excludes halogenated alkanes) is 2. The first kappa shape index (κ1) is 24.7. The molecule has 1 aromatic rings. The second kappa shape index (κ2) is 11.8. The van der Waals surface area contributed by atoms with Gasteiger partial charge in [0.15, 0.2) is 11.6 Å². The molecule has 0 amide bonds. The minimum atomic E-state index is -0.847. The number of fused-ring (bicyclic) bond motifs is 1. The van der Waals surface area contributed by atoms with Crippen molar-refractivity contribution in [3.8, 4) is 5.75 Å². The van der Waals surface area contributed by atoms with E-state index in [9.17, 15) is 8.78 Å². The van der Waals surface area contributed by atoms with Crippen molar-refractivity contribution in [3.05, 3.63) is 42.0 Å². The van der Waals surface area contributed by atoms with Gasteiger partial charge in [-0.05, 0) is 105 Å². The zero-order chi connectivity index (χ0) is 23.2. The van der Waals surface area contributed by atoms with E-state index in [1.165, 1.54) is 77.0 Å². The van der Waals surface area contributed by atoms with Gasteiger partial charge in [-0.3, -0.25) is 0 Å². The average Bonchev–Trinajstić information content (AvgIpc) is 2.85. The third-order valence-corrected chi connectivity index (χ3v) is 9.29. The van der Waals surface area contributed by atoms with E-state index in [0.29, 0.717) is 5.56 Å². The average molecular weight is 459 g/mol. The van der Waals surface area contributed by atoms with Crippen LogP contribution in [0.2, 0.25) is 0 Å². The summed E-state index contributed by atoms with van der Waals surface area (Å²) in [5, 5.41) is 0. The topological polar surface area (TPSA) is 9.23 Å². The molecule has 0 saturated heterocycles. The molecule has 3 aliphatic rings. The highest BCUT2D eigenvalue weighted by molar-refractivity contribution is 5.33.